The van der Waals surface area contributed by atoms with Crippen LogP contribution in [-0.4, -0.2) is 35.1 Å². The molecule has 0 spiro atoms. The lowest BCUT2D eigenvalue weighted by Gasteiger charge is -2.13. The first-order chi connectivity index (χ1) is 13.3. The number of aliphatic imine (C=N–C) groups is 1. The molecule has 1 aliphatic carbocycles. The molecule has 2 aromatic carbocycles. The molecule has 1 heterocycles. The van der Waals surface area contributed by atoms with Crippen molar-refractivity contribution in [1.82, 2.24) is 20.2 Å². The maximum Gasteiger partial charge on any atom is 0.191 e. The Hall–Kier alpha value is -2.09. The summed E-state index contributed by atoms with van der Waals surface area (Å²) in [4.78, 5) is 9.01. The number of nitrogens with one attached hydrogen (secondary N) is 2. The van der Waals surface area contributed by atoms with Crippen LogP contribution in [0.2, 0.25) is 0 Å². The van der Waals surface area contributed by atoms with Crippen LogP contribution in [0.15, 0.2) is 59.6 Å². The van der Waals surface area contributed by atoms with E-state index >= 15 is 0 Å². The Morgan fingerprint density at radius 1 is 1.14 bits per heavy atom. The van der Waals surface area contributed by atoms with Crippen molar-refractivity contribution in [2.75, 3.05) is 13.6 Å². The summed E-state index contributed by atoms with van der Waals surface area (Å²) in [5, 5.41) is 6.99. The highest BCUT2D eigenvalue weighted by Crippen LogP contribution is 2.40. The maximum absolute atomic E-state index is 4.63. The molecule has 0 aliphatic heterocycles. The third kappa shape index (κ3) is 4.66. The van der Waals surface area contributed by atoms with Crippen molar-refractivity contribution in [2.45, 2.75) is 38.3 Å². The van der Waals surface area contributed by atoms with E-state index in [1.165, 1.54) is 17.5 Å². The van der Waals surface area contributed by atoms with Crippen LogP contribution in [0.1, 0.15) is 30.1 Å². The van der Waals surface area contributed by atoms with Gasteiger partial charge in [0.25, 0.3) is 0 Å². The van der Waals surface area contributed by atoms with Crippen LogP contribution in [0, 0.1) is 6.92 Å². The van der Waals surface area contributed by atoms with Gasteiger partial charge in [0.05, 0.1) is 11.0 Å². The summed E-state index contributed by atoms with van der Waals surface area (Å²) in [6.45, 7) is 3.91. The summed E-state index contributed by atoms with van der Waals surface area (Å²) >= 11 is 0. The number of aromatic nitrogens is 2. The van der Waals surface area contributed by atoms with Crippen molar-refractivity contribution in [2.24, 2.45) is 4.99 Å². The zero-order chi connectivity index (χ0) is 18.6. The fourth-order valence-corrected chi connectivity index (χ4v) is 3.72. The largest absolute Gasteiger partial charge is 0.356 e. The first kappa shape index (κ1) is 20.6. The minimum Gasteiger partial charge on any atom is -0.356 e. The highest BCUT2D eigenvalue weighted by atomic mass is 127. The predicted molar refractivity (Wildman–Crippen MR) is 127 cm³/mol. The van der Waals surface area contributed by atoms with Crippen molar-refractivity contribution in [3.8, 4) is 0 Å². The molecule has 1 fully saturated rings. The molecule has 2 unspecified atom stereocenters. The molecule has 4 rings (SSSR count). The highest BCUT2D eigenvalue weighted by molar-refractivity contribution is 14.0. The number of nitrogens with zero attached hydrogens (tertiary/aromatic N) is 3. The number of fused-ring (bicyclic) bond motifs is 1. The summed E-state index contributed by atoms with van der Waals surface area (Å²) in [6, 6.07) is 19.5. The smallest absolute Gasteiger partial charge is 0.191 e. The molecule has 6 heteroatoms. The molecule has 28 heavy (non-hydrogen) atoms. The van der Waals surface area contributed by atoms with Gasteiger partial charge < -0.3 is 15.2 Å². The van der Waals surface area contributed by atoms with E-state index < -0.39 is 0 Å². The lowest BCUT2D eigenvalue weighted by atomic mass is 10.1. The third-order valence-electron chi connectivity index (χ3n) is 5.26. The van der Waals surface area contributed by atoms with Crippen LogP contribution in [-0.2, 0) is 6.54 Å². The zero-order valence-corrected chi connectivity index (χ0v) is 18.8. The van der Waals surface area contributed by atoms with Crippen molar-refractivity contribution >= 4 is 41.0 Å². The molecule has 0 bridgehead atoms. The Morgan fingerprint density at radius 3 is 2.68 bits per heavy atom. The molecule has 0 saturated heterocycles. The molecular weight excluding hydrogens is 461 g/mol. The van der Waals surface area contributed by atoms with E-state index in [1.54, 1.807) is 0 Å². The zero-order valence-electron chi connectivity index (χ0n) is 16.4. The van der Waals surface area contributed by atoms with Crippen LogP contribution in [0.5, 0.6) is 0 Å². The van der Waals surface area contributed by atoms with Gasteiger partial charge in [-0.05, 0) is 37.5 Å². The van der Waals surface area contributed by atoms with Gasteiger partial charge >= 0.3 is 0 Å². The average Bonchev–Trinajstić information content (AvgIpc) is 3.40. The molecule has 1 aliphatic rings. The summed E-state index contributed by atoms with van der Waals surface area (Å²) in [5.41, 5.74) is 3.69. The number of rotatable bonds is 6. The Bertz CT molecular complexity index is 935. The first-order valence-corrected chi connectivity index (χ1v) is 9.70. The maximum atomic E-state index is 4.63. The monoisotopic (exact) mass is 489 g/mol. The number of guanidine groups is 1. The van der Waals surface area contributed by atoms with Gasteiger partial charge in [-0.25, -0.2) is 4.98 Å². The van der Waals surface area contributed by atoms with E-state index in [2.05, 4.69) is 80.6 Å². The van der Waals surface area contributed by atoms with Gasteiger partial charge in [0.15, 0.2) is 5.96 Å². The quantitative estimate of drug-likeness (QED) is 0.238. The van der Waals surface area contributed by atoms with Crippen LogP contribution in [0.25, 0.3) is 11.0 Å². The molecule has 1 aromatic heterocycles. The minimum atomic E-state index is 0. The van der Waals surface area contributed by atoms with E-state index in [1.807, 2.05) is 13.1 Å². The summed E-state index contributed by atoms with van der Waals surface area (Å²) in [7, 11) is 1.84. The van der Waals surface area contributed by atoms with Gasteiger partial charge in [-0.1, -0.05) is 42.5 Å². The van der Waals surface area contributed by atoms with Crippen molar-refractivity contribution in [3.63, 3.8) is 0 Å². The Balaban J connectivity index is 0.00000225. The van der Waals surface area contributed by atoms with Crippen molar-refractivity contribution < 1.29 is 0 Å². The van der Waals surface area contributed by atoms with E-state index in [4.69, 9.17) is 0 Å². The van der Waals surface area contributed by atoms with Gasteiger partial charge in [0.1, 0.15) is 5.82 Å². The second kappa shape index (κ2) is 9.41. The van der Waals surface area contributed by atoms with Crippen LogP contribution >= 0.6 is 24.0 Å². The van der Waals surface area contributed by atoms with E-state index in [-0.39, 0.29) is 24.0 Å². The van der Waals surface area contributed by atoms with Crippen LogP contribution < -0.4 is 10.6 Å². The highest BCUT2D eigenvalue weighted by Gasteiger charge is 2.38. The number of imidazole rings is 1. The molecular formula is C22H28IN5. The minimum absolute atomic E-state index is 0. The number of hydrogen-bond donors (Lipinski definition) is 2. The van der Waals surface area contributed by atoms with Crippen LogP contribution in [0.4, 0.5) is 0 Å². The number of hydrogen-bond acceptors (Lipinski definition) is 2. The number of para-hydroxylation sites is 2. The average molecular weight is 489 g/mol. The molecule has 5 nitrogen and oxygen atoms in total. The Kier molecular flexibility index (Phi) is 6.93. The van der Waals surface area contributed by atoms with Gasteiger partial charge in [0.2, 0.25) is 0 Å². The molecule has 2 N–H and O–H groups in total. The molecule has 3 aromatic rings. The summed E-state index contributed by atoms with van der Waals surface area (Å²) in [6.07, 6.45) is 2.19. The van der Waals surface area contributed by atoms with Gasteiger partial charge in [-0.15, -0.1) is 24.0 Å². The molecule has 1 saturated carbocycles. The standard InChI is InChI=1S/C22H27N5.HI/c1-16-25-19-11-6-7-12-21(19)27(16)14-8-13-24-22(23-2)26-20-15-18(20)17-9-4-3-5-10-17;/h3-7,9-12,18,20H,8,13-15H2,1-2H3,(H2,23,24,26);1H. The fraction of sp³-hybridized carbons (Fsp3) is 0.364. The van der Waals surface area contributed by atoms with Crippen LogP contribution in [0.3, 0.4) is 0 Å². The topological polar surface area (TPSA) is 54.2 Å². The molecule has 148 valence electrons. The SMILES string of the molecule is CN=C(NCCCn1c(C)nc2ccccc21)NC1CC1c1ccccc1.I. The normalized spacial score (nSPS) is 18.6. The molecule has 0 amide bonds. The Morgan fingerprint density at radius 2 is 1.89 bits per heavy atom. The van der Waals surface area contributed by atoms with E-state index in [0.717, 1.165) is 36.8 Å². The van der Waals surface area contributed by atoms with Gasteiger partial charge in [-0.2, -0.15) is 0 Å². The first-order valence-electron chi connectivity index (χ1n) is 9.70. The molecule has 2 atom stereocenters. The fourth-order valence-electron chi connectivity index (χ4n) is 3.72. The number of benzene rings is 2. The predicted octanol–water partition coefficient (Wildman–Crippen LogP) is 4.07. The third-order valence-corrected chi connectivity index (χ3v) is 5.26. The second-order valence-corrected chi connectivity index (χ2v) is 7.16. The van der Waals surface area contributed by atoms with E-state index in [9.17, 15) is 0 Å². The lowest BCUT2D eigenvalue weighted by molar-refractivity contribution is 0.623. The Labute approximate surface area is 183 Å². The second-order valence-electron chi connectivity index (χ2n) is 7.16. The van der Waals surface area contributed by atoms with Crippen molar-refractivity contribution in [1.29, 1.82) is 0 Å². The van der Waals surface area contributed by atoms with Gasteiger partial charge in [-0.3, -0.25) is 4.99 Å². The lowest BCUT2D eigenvalue weighted by Crippen LogP contribution is -2.39. The molecule has 0 radical (unpaired) electrons. The number of aryl methyl sites for hydroxylation is 2. The summed E-state index contributed by atoms with van der Waals surface area (Å²) < 4.78 is 2.29. The number of halogens is 1. The summed E-state index contributed by atoms with van der Waals surface area (Å²) in [5.74, 6) is 2.57. The van der Waals surface area contributed by atoms with Crippen molar-refractivity contribution in [3.05, 3.63) is 66.0 Å². The van der Waals surface area contributed by atoms with E-state index in [0.29, 0.717) is 12.0 Å². The van der Waals surface area contributed by atoms with Gasteiger partial charge in [0, 0.05) is 32.1 Å².